The van der Waals surface area contributed by atoms with Crippen molar-refractivity contribution < 1.29 is 0 Å². The lowest BCUT2D eigenvalue weighted by atomic mass is 10.1. The molecule has 0 heterocycles. The second-order valence-electron chi connectivity index (χ2n) is 6.45. The van der Waals surface area contributed by atoms with Gasteiger partial charge in [0.05, 0.1) is 0 Å². The van der Waals surface area contributed by atoms with Crippen molar-refractivity contribution in [2.45, 2.75) is 110 Å². The van der Waals surface area contributed by atoms with Crippen LogP contribution in [0.4, 0.5) is 0 Å². The van der Waals surface area contributed by atoms with Gasteiger partial charge in [-0.05, 0) is 12.1 Å². The van der Waals surface area contributed by atoms with E-state index in [2.05, 4.69) is 42.2 Å². The second kappa shape index (κ2) is 13.9. The molecule has 0 nitrogen and oxygen atoms in total. The Kier molecular flexibility index (Phi) is 14.6. The molecule has 0 N–H and O–H groups in total. The van der Waals surface area contributed by atoms with E-state index in [-0.39, 0.29) is 0 Å². The smallest absolute Gasteiger partial charge is 0.119 e. The zero-order valence-electron chi connectivity index (χ0n) is 13.8. The van der Waals surface area contributed by atoms with E-state index in [0.717, 1.165) is 0 Å². The molecule has 0 radical (unpaired) electrons. The Morgan fingerprint density at radius 1 is 0.579 bits per heavy atom. The van der Waals surface area contributed by atoms with Crippen LogP contribution in [-0.4, -0.2) is 5.57 Å². The molecule has 19 heavy (non-hydrogen) atoms. The topological polar surface area (TPSA) is 0 Å². The van der Waals surface area contributed by atoms with Crippen molar-refractivity contribution in [2.75, 3.05) is 0 Å². The predicted molar refractivity (Wildman–Crippen MR) is 102 cm³/mol. The van der Waals surface area contributed by atoms with Gasteiger partial charge in [-0.3, -0.25) is 0 Å². The minimum atomic E-state index is -0.870. The monoisotopic (exact) mass is 396 g/mol. The van der Waals surface area contributed by atoms with Crippen LogP contribution in [0.3, 0.4) is 0 Å². The molecule has 0 bridgehead atoms. The standard InChI is InChI=1S/C17H37ISi/c1-4-6-8-10-12-14-16-19(3,18)17-15-13-11-9-7-5-2/h4-17H2,1-3H3. The van der Waals surface area contributed by atoms with Gasteiger partial charge < -0.3 is 0 Å². The molecule has 0 unspecified atom stereocenters. The summed E-state index contributed by atoms with van der Waals surface area (Å²) >= 11 is 2.85. The first-order chi connectivity index (χ1) is 9.12. The minimum absolute atomic E-state index is 0.870. The largest absolute Gasteiger partial charge is 0.122 e. The Hall–Kier alpha value is 0.947. The summed E-state index contributed by atoms with van der Waals surface area (Å²) in [5.74, 6) is 0. The van der Waals surface area contributed by atoms with Gasteiger partial charge in [-0.1, -0.05) is 97.4 Å². The van der Waals surface area contributed by atoms with Crippen LogP contribution in [0, 0.1) is 0 Å². The molecule has 0 fully saturated rings. The predicted octanol–water partition coefficient (Wildman–Crippen LogP) is 7.72. The third kappa shape index (κ3) is 15.2. The number of hydrogen-bond acceptors (Lipinski definition) is 0. The molecule has 0 aliphatic rings. The Labute approximate surface area is 136 Å². The Bertz CT molecular complexity index is 162. The first-order valence-corrected chi connectivity index (χ1v) is 14.8. The Morgan fingerprint density at radius 2 is 0.895 bits per heavy atom. The van der Waals surface area contributed by atoms with Crippen LogP contribution in [-0.2, 0) is 0 Å². The quantitative estimate of drug-likeness (QED) is 0.122. The van der Waals surface area contributed by atoms with Gasteiger partial charge >= 0.3 is 0 Å². The van der Waals surface area contributed by atoms with Crippen molar-refractivity contribution in [1.82, 2.24) is 0 Å². The molecule has 0 aromatic carbocycles. The van der Waals surface area contributed by atoms with E-state index in [9.17, 15) is 0 Å². The SMILES string of the molecule is CCCCCCCC[Si](C)(I)CCCCCCCC. The third-order valence-corrected chi connectivity index (χ3v) is 10.1. The number of hydrogen-bond donors (Lipinski definition) is 0. The van der Waals surface area contributed by atoms with Gasteiger partial charge in [-0.2, -0.15) is 0 Å². The van der Waals surface area contributed by atoms with Gasteiger partial charge in [0.15, 0.2) is 0 Å². The lowest BCUT2D eigenvalue weighted by Crippen LogP contribution is -2.20. The van der Waals surface area contributed by atoms with E-state index >= 15 is 0 Å². The fourth-order valence-corrected chi connectivity index (χ4v) is 7.19. The average molecular weight is 396 g/mol. The zero-order valence-corrected chi connectivity index (χ0v) is 16.9. The fraction of sp³-hybridized carbons (Fsp3) is 1.00. The summed E-state index contributed by atoms with van der Waals surface area (Å²) in [7, 11) is 0. The molecular formula is C17H37ISi. The molecule has 0 spiro atoms. The van der Waals surface area contributed by atoms with Crippen molar-refractivity contribution in [3.05, 3.63) is 0 Å². The molecule has 0 saturated carbocycles. The molecule has 0 saturated heterocycles. The molecule has 0 aliphatic heterocycles. The highest BCUT2D eigenvalue weighted by molar-refractivity contribution is 14.1. The van der Waals surface area contributed by atoms with Crippen LogP contribution in [0.2, 0.25) is 18.6 Å². The highest BCUT2D eigenvalue weighted by Crippen LogP contribution is 2.29. The summed E-state index contributed by atoms with van der Waals surface area (Å²) in [5, 5.41) is 0. The van der Waals surface area contributed by atoms with Crippen molar-refractivity contribution in [1.29, 1.82) is 0 Å². The van der Waals surface area contributed by atoms with E-state index in [1.165, 1.54) is 77.0 Å². The number of halogens is 1. The van der Waals surface area contributed by atoms with E-state index in [4.69, 9.17) is 0 Å². The molecule has 0 aromatic rings. The minimum Gasteiger partial charge on any atom is -0.119 e. The van der Waals surface area contributed by atoms with Gasteiger partial charge in [-0.15, -0.1) is 21.8 Å². The Balaban J connectivity index is 3.36. The van der Waals surface area contributed by atoms with Gasteiger partial charge in [0.25, 0.3) is 0 Å². The summed E-state index contributed by atoms with van der Waals surface area (Å²) in [6.45, 7) is 7.20. The van der Waals surface area contributed by atoms with Crippen LogP contribution in [0.15, 0.2) is 0 Å². The first kappa shape index (κ1) is 19.9. The van der Waals surface area contributed by atoms with Crippen LogP contribution >= 0.6 is 21.8 Å². The van der Waals surface area contributed by atoms with Crippen LogP contribution in [0.1, 0.15) is 90.9 Å². The van der Waals surface area contributed by atoms with Crippen LogP contribution in [0.25, 0.3) is 0 Å². The van der Waals surface area contributed by atoms with Crippen LogP contribution < -0.4 is 0 Å². The second-order valence-corrected chi connectivity index (χ2v) is 18.1. The maximum atomic E-state index is 2.85. The van der Waals surface area contributed by atoms with E-state index in [1.807, 2.05) is 0 Å². The van der Waals surface area contributed by atoms with Gasteiger partial charge in [-0.25, -0.2) is 0 Å². The third-order valence-electron chi connectivity index (χ3n) is 4.10. The summed E-state index contributed by atoms with van der Waals surface area (Å²) in [6, 6.07) is 3.13. The molecular weight excluding hydrogens is 359 g/mol. The van der Waals surface area contributed by atoms with Gasteiger partial charge in [0.2, 0.25) is 0 Å². The highest BCUT2D eigenvalue weighted by atomic mass is 127. The van der Waals surface area contributed by atoms with E-state index in [1.54, 1.807) is 12.1 Å². The normalized spacial score (nSPS) is 12.0. The lowest BCUT2D eigenvalue weighted by molar-refractivity contribution is 0.617. The van der Waals surface area contributed by atoms with Crippen molar-refractivity contribution in [2.24, 2.45) is 0 Å². The van der Waals surface area contributed by atoms with Crippen molar-refractivity contribution in [3.63, 3.8) is 0 Å². The molecule has 116 valence electrons. The summed E-state index contributed by atoms with van der Waals surface area (Å²) in [6.07, 6.45) is 17.5. The molecule has 0 atom stereocenters. The lowest BCUT2D eigenvalue weighted by Gasteiger charge is -2.19. The maximum absolute atomic E-state index is 2.85. The number of unbranched alkanes of at least 4 members (excludes halogenated alkanes) is 10. The van der Waals surface area contributed by atoms with Crippen LogP contribution in [0.5, 0.6) is 0 Å². The highest BCUT2D eigenvalue weighted by Gasteiger charge is 2.21. The fourth-order valence-electron chi connectivity index (χ4n) is 2.67. The van der Waals surface area contributed by atoms with Crippen molar-refractivity contribution in [3.8, 4) is 0 Å². The zero-order chi connectivity index (χ0) is 14.4. The molecule has 0 amide bonds. The van der Waals surface area contributed by atoms with E-state index < -0.39 is 5.57 Å². The van der Waals surface area contributed by atoms with Crippen molar-refractivity contribution >= 4 is 27.4 Å². The summed E-state index contributed by atoms with van der Waals surface area (Å²) in [4.78, 5) is 0. The molecule has 0 rings (SSSR count). The molecule has 0 aromatic heterocycles. The number of rotatable bonds is 14. The van der Waals surface area contributed by atoms with Gasteiger partial charge in [0.1, 0.15) is 5.57 Å². The maximum Gasteiger partial charge on any atom is 0.122 e. The summed E-state index contributed by atoms with van der Waals surface area (Å²) in [5.41, 5.74) is -0.870. The summed E-state index contributed by atoms with van der Waals surface area (Å²) < 4.78 is 0. The molecule has 2 heteroatoms. The first-order valence-electron chi connectivity index (χ1n) is 8.81. The van der Waals surface area contributed by atoms with Gasteiger partial charge in [0, 0.05) is 0 Å². The Morgan fingerprint density at radius 3 is 1.26 bits per heavy atom. The molecule has 0 aliphatic carbocycles. The average Bonchev–Trinajstić information content (AvgIpc) is 2.38. The van der Waals surface area contributed by atoms with E-state index in [0.29, 0.717) is 0 Å².